The van der Waals surface area contributed by atoms with Crippen molar-refractivity contribution >= 4 is 5.97 Å². The van der Waals surface area contributed by atoms with Crippen LogP contribution in [0.4, 0.5) is 0 Å². The Morgan fingerprint density at radius 3 is 2.40 bits per heavy atom. The lowest BCUT2D eigenvalue weighted by molar-refractivity contribution is -0.163. The maximum Gasteiger partial charge on any atom is 0.310 e. The second-order valence-electron chi connectivity index (χ2n) is 8.09. The van der Waals surface area contributed by atoms with Crippen LogP contribution in [0.25, 0.3) is 0 Å². The van der Waals surface area contributed by atoms with E-state index in [4.69, 9.17) is 10.5 Å². The summed E-state index contributed by atoms with van der Waals surface area (Å²) in [6, 6.07) is 0.00987. The number of ether oxygens (including phenoxy) is 1. The van der Waals surface area contributed by atoms with Crippen molar-refractivity contribution in [2.75, 3.05) is 0 Å². The lowest BCUT2D eigenvalue weighted by Gasteiger charge is -2.39. The molecule has 20 heavy (non-hydrogen) atoms. The third-order valence-electron chi connectivity index (χ3n) is 7.09. The molecule has 0 aromatic carbocycles. The molecule has 114 valence electrons. The average Bonchev–Trinajstić information content (AvgIpc) is 2.72. The summed E-state index contributed by atoms with van der Waals surface area (Å²) >= 11 is 0. The average molecular weight is 279 g/mol. The fraction of sp³-hybridized carbons (Fsp3) is 0.941. The van der Waals surface area contributed by atoms with Crippen LogP contribution < -0.4 is 5.73 Å². The minimum atomic E-state index is -0.0606. The molecule has 3 rings (SSSR count). The lowest BCUT2D eigenvalue weighted by atomic mass is 9.70. The van der Waals surface area contributed by atoms with Crippen molar-refractivity contribution in [1.29, 1.82) is 0 Å². The third kappa shape index (κ3) is 1.93. The zero-order valence-corrected chi connectivity index (χ0v) is 13.2. The number of rotatable bonds is 2. The normalized spacial score (nSPS) is 46.4. The van der Waals surface area contributed by atoms with E-state index in [0.29, 0.717) is 11.3 Å². The van der Waals surface area contributed by atoms with E-state index < -0.39 is 0 Å². The zero-order valence-electron chi connectivity index (χ0n) is 13.2. The quantitative estimate of drug-likeness (QED) is 0.789. The fourth-order valence-electron chi connectivity index (χ4n) is 4.99. The molecule has 3 aliphatic carbocycles. The predicted molar refractivity (Wildman–Crippen MR) is 79.0 cm³/mol. The van der Waals surface area contributed by atoms with E-state index >= 15 is 0 Å². The van der Waals surface area contributed by atoms with Gasteiger partial charge in [-0.3, -0.25) is 4.79 Å². The molecule has 3 fully saturated rings. The third-order valence-corrected chi connectivity index (χ3v) is 7.09. The van der Waals surface area contributed by atoms with Gasteiger partial charge in [-0.2, -0.15) is 0 Å². The summed E-state index contributed by atoms with van der Waals surface area (Å²) in [5.74, 6) is 0.631. The summed E-state index contributed by atoms with van der Waals surface area (Å²) in [6.07, 6.45) is 7.80. The Morgan fingerprint density at radius 2 is 1.85 bits per heavy atom. The molecule has 0 radical (unpaired) electrons. The largest absolute Gasteiger partial charge is 0.462 e. The van der Waals surface area contributed by atoms with Gasteiger partial charge in [0, 0.05) is 11.5 Å². The molecule has 2 N–H and O–H groups in total. The number of carbonyl (C=O) groups excluding carboxylic acids is 1. The van der Waals surface area contributed by atoms with E-state index in [2.05, 4.69) is 20.8 Å². The van der Waals surface area contributed by atoms with E-state index in [9.17, 15) is 4.79 Å². The molecule has 3 aliphatic rings. The van der Waals surface area contributed by atoms with Gasteiger partial charge in [0.1, 0.15) is 6.10 Å². The summed E-state index contributed by atoms with van der Waals surface area (Å²) in [7, 11) is 0. The number of nitrogens with two attached hydrogens (primary N) is 1. The van der Waals surface area contributed by atoms with E-state index in [0.717, 1.165) is 32.1 Å². The summed E-state index contributed by atoms with van der Waals surface area (Å²) in [5, 5.41) is 0. The van der Waals surface area contributed by atoms with Crippen molar-refractivity contribution in [1.82, 2.24) is 0 Å². The summed E-state index contributed by atoms with van der Waals surface area (Å²) < 4.78 is 5.97. The highest BCUT2D eigenvalue weighted by Crippen LogP contribution is 2.66. The minimum Gasteiger partial charge on any atom is -0.462 e. The van der Waals surface area contributed by atoms with Crippen molar-refractivity contribution in [2.45, 2.75) is 77.9 Å². The summed E-state index contributed by atoms with van der Waals surface area (Å²) in [4.78, 5) is 12.5. The highest BCUT2D eigenvalue weighted by molar-refractivity contribution is 5.73. The monoisotopic (exact) mass is 279 g/mol. The molecule has 0 aliphatic heterocycles. The van der Waals surface area contributed by atoms with Gasteiger partial charge in [0.05, 0.1) is 5.92 Å². The van der Waals surface area contributed by atoms with Crippen molar-refractivity contribution < 1.29 is 9.53 Å². The first kappa shape index (κ1) is 14.4. The second-order valence-corrected chi connectivity index (χ2v) is 8.09. The maximum atomic E-state index is 12.5. The number of hydrogen-bond donors (Lipinski definition) is 1. The Balaban J connectivity index is 1.68. The van der Waals surface area contributed by atoms with Gasteiger partial charge in [-0.15, -0.1) is 0 Å². The van der Waals surface area contributed by atoms with Crippen LogP contribution in [0.1, 0.15) is 65.7 Å². The Labute approximate surface area is 122 Å². The first-order valence-corrected chi connectivity index (χ1v) is 8.32. The highest BCUT2D eigenvalue weighted by atomic mass is 16.5. The van der Waals surface area contributed by atoms with Gasteiger partial charge in [-0.05, 0) is 43.4 Å². The summed E-state index contributed by atoms with van der Waals surface area (Å²) in [5.41, 5.74) is 6.57. The molecule has 0 aromatic heterocycles. The van der Waals surface area contributed by atoms with Crippen LogP contribution in [0, 0.1) is 22.7 Å². The van der Waals surface area contributed by atoms with Gasteiger partial charge in [0.25, 0.3) is 0 Å². The Bertz CT molecular complexity index is 406. The molecular weight excluding hydrogens is 250 g/mol. The number of fused-ring (bicyclic) bond motifs is 2. The molecule has 0 spiro atoms. The van der Waals surface area contributed by atoms with Crippen molar-refractivity contribution in [3.63, 3.8) is 0 Å². The minimum absolute atomic E-state index is 0.00987. The Kier molecular flexibility index (Phi) is 3.39. The zero-order chi connectivity index (χ0) is 14.5. The fourth-order valence-corrected chi connectivity index (χ4v) is 4.99. The van der Waals surface area contributed by atoms with Crippen LogP contribution in [0.3, 0.4) is 0 Å². The van der Waals surface area contributed by atoms with Crippen LogP contribution >= 0.6 is 0 Å². The first-order valence-electron chi connectivity index (χ1n) is 8.32. The van der Waals surface area contributed by atoms with Crippen molar-refractivity contribution in [3.8, 4) is 0 Å². The first-order chi connectivity index (χ1) is 9.36. The van der Waals surface area contributed by atoms with Gasteiger partial charge < -0.3 is 10.5 Å². The van der Waals surface area contributed by atoms with Gasteiger partial charge in [-0.1, -0.05) is 33.6 Å². The Morgan fingerprint density at radius 1 is 1.15 bits per heavy atom. The molecule has 0 heterocycles. The topological polar surface area (TPSA) is 52.3 Å². The van der Waals surface area contributed by atoms with Gasteiger partial charge in [0.2, 0.25) is 0 Å². The smallest absolute Gasteiger partial charge is 0.310 e. The van der Waals surface area contributed by atoms with Crippen LogP contribution in [0.15, 0.2) is 0 Å². The molecule has 0 amide bonds. The van der Waals surface area contributed by atoms with Crippen LogP contribution in [0.5, 0.6) is 0 Å². The van der Waals surface area contributed by atoms with Gasteiger partial charge in [0.15, 0.2) is 0 Å². The SMILES string of the molecule is CC1(C)C2CCC1(C)C(OC(=O)C1CCCCC1N)C2. The summed E-state index contributed by atoms with van der Waals surface area (Å²) in [6.45, 7) is 7.02. The number of carbonyl (C=O) groups is 1. The van der Waals surface area contributed by atoms with E-state index in [1.165, 1.54) is 12.8 Å². The molecule has 5 atom stereocenters. The maximum absolute atomic E-state index is 12.5. The highest BCUT2D eigenvalue weighted by Gasteiger charge is 2.63. The van der Waals surface area contributed by atoms with E-state index in [1.807, 2.05) is 0 Å². The van der Waals surface area contributed by atoms with Crippen LogP contribution in [-0.4, -0.2) is 18.1 Å². The van der Waals surface area contributed by atoms with Gasteiger partial charge in [-0.25, -0.2) is 0 Å². The number of hydrogen-bond acceptors (Lipinski definition) is 3. The molecule has 3 nitrogen and oxygen atoms in total. The van der Waals surface area contributed by atoms with Crippen molar-refractivity contribution in [2.24, 2.45) is 28.4 Å². The molecule has 5 unspecified atom stereocenters. The van der Waals surface area contributed by atoms with Crippen LogP contribution in [-0.2, 0) is 9.53 Å². The molecule has 3 saturated carbocycles. The lowest BCUT2D eigenvalue weighted by Crippen LogP contribution is -2.43. The Hall–Kier alpha value is -0.570. The van der Waals surface area contributed by atoms with Crippen LogP contribution in [0.2, 0.25) is 0 Å². The second kappa shape index (κ2) is 4.72. The standard InChI is InChI=1S/C17H29NO2/c1-16(2)11-8-9-17(16,3)14(10-11)20-15(19)12-6-4-5-7-13(12)18/h11-14H,4-10,18H2,1-3H3. The van der Waals surface area contributed by atoms with E-state index in [-0.39, 0.29) is 29.4 Å². The van der Waals surface area contributed by atoms with Gasteiger partial charge >= 0.3 is 5.97 Å². The molecule has 2 bridgehead atoms. The molecule has 0 saturated heterocycles. The molecule has 3 heteroatoms. The van der Waals surface area contributed by atoms with E-state index in [1.54, 1.807) is 0 Å². The van der Waals surface area contributed by atoms with Crippen molar-refractivity contribution in [3.05, 3.63) is 0 Å². The molecular formula is C17H29NO2. The molecule has 0 aromatic rings. The predicted octanol–water partition coefficient (Wildman–Crippen LogP) is 3.26. The number of esters is 1.